The van der Waals surface area contributed by atoms with Gasteiger partial charge in [-0.2, -0.15) is 15.4 Å². The highest BCUT2D eigenvalue weighted by Gasteiger charge is 2.13. The summed E-state index contributed by atoms with van der Waals surface area (Å²) in [6, 6.07) is -0.0360. The Morgan fingerprint density at radius 2 is 1.73 bits per heavy atom. The molecule has 4 nitrogen and oxygen atoms in total. The van der Waals surface area contributed by atoms with Crippen LogP contribution in [0.5, 0.6) is 0 Å². The molecule has 62 valence electrons. The van der Waals surface area contributed by atoms with Crippen molar-refractivity contribution < 1.29 is 0 Å². The van der Waals surface area contributed by atoms with Crippen LogP contribution in [0.15, 0.2) is 0 Å². The van der Waals surface area contributed by atoms with E-state index in [1.807, 2.05) is 6.92 Å². The minimum atomic E-state index is -0.0360. The molecule has 4 heteroatoms. The van der Waals surface area contributed by atoms with E-state index >= 15 is 0 Å². The second-order valence-electron chi connectivity index (χ2n) is 3.04. The van der Waals surface area contributed by atoms with Crippen molar-refractivity contribution in [1.82, 2.24) is 15.4 Å². The van der Waals surface area contributed by atoms with Gasteiger partial charge in [0.15, 0.2) is 0 Å². The van der Waals surface area contributed by atoms with Crippen molar-refractivity contribution in [1.29, 1.82) is 0 Å². The number of aromatic nitrogens is 3. The van der Waals surface area contributed by atoms with Gasteiger partial charge in [-0.3, -0.25) is 0 Å². The molecule has 1 aromatic heterocycles. The third-order valence-electron chi connectivity index (χ3n) is 1.58. The van der Waals surface area contributed by atoms with Gasteiger partial charge < -0.3 is 5.73 Å². The number of H-pyrrole nitrogens is 1. The van der Waals surface area contributed by atoms with E-state index in [2.05, 4.69) is 29.3 Å². The summed E-state index contributed by atoms with van der Waals surface area (Å²) in [7, 11) is 0. The lowest BCUT2D eigenvalue weighted by atomic mass is 10.1. The predicted octanol–water partition coefficient (Wildman–Crippen LogP) is 0.948. The van der Waals surface area contributed by atoms with Crippen LogP contribution in [0.4, 0.5) is 0 Å². The monoisotopic (exact) mass is 154 g/mol. The lowest BCUT2D eigenvalue weighted by Crippen LogP contribution is -2.09. The van der Waals surface area contributed by atoms with Crippen molar-refractivity contribution in [2.75, 3.05) is 0 Å². The van der Waals surface area contributed by atoms with Crippen LogP contribution in [0.2, 0.25) is 0 Å². The van der Waals surface area contributed by atoms with Gasteiger partial charge in [0.2, 0.25) is 0 Å². The van der Waals surface area contributed by atoms with Crippen LogP contribution >= 0.6 is 0 Å². The molecule has 0 bridgehead atoms. The predicted molar refractivity (Wildman–Crippen MR) is 43.1 cm³/mol. The van der Waals surface area contributed by atoms with Crippen LogP contribution in [-0.4, -0.2) is 15.4 Å². The Bertz CT molecular complexity index is 204. The molecule has 0 aliphatic carbocycles. The molecule has 0 aliphatic heterocycles. The maximum Gasteiger partial charge on any atom is 0.102 e. The fourth-order valence-electron chi connectivity index (χ4n) is 1.01. The summed E-state index contributed by atoms with van der Waals surface area (Å²) in [6.07, 6.45) is 0. The summed E-state index contributed by atoms with van der Waals surface area (Å²) in [5.74, 6) is 0.384. The number of hydrogen-bond acceptors (Lipinski definition) is 3. The Morgan fingerprint density at radius 3 is 2.09 bits per heavy atom. The van der Waals surface area contributed by atoms with Crippen molar-refractivity contribution >= 4 is 0 Å². The molecule has 0 saturated heterocycles. The fourth-order valence-corrected chi connectivity index (χ4v) is 1.01. The molecule has 1 heterocycles. The van der Waals surface area contributed by atoms with Gasteiger partial charge in [-0.25, -0.2) is 0 Å². The third kappa shape index (κ3) is 1.57. The van der Waals surface area contributed by atoms with Crippen LogP contribution in [-0.2, 0) is 0 Å². The maximum atomic E-state index is 5.67. The van der Waals surface area contributed by atoms with Gasteiger partial charge in [0, 0.05) is 6.04 Å². The first-order valence-corrected chi connectivity index (χ1v) is 3.79. The Kier molecular flexibility index (Phi) is 2.24. The first-order chi connectivity index (χ1) is 5.13. The molecule has 0 radical (unpaired) electrons. The third-order valence-corrected chi connectivity index (χ3v) is 1.58. The summed E-state index contributed by atoms with van der Waals surface area (Å²) < 4.78 is 0. The Balaban J connectivity index is 2.96. The van der Waals surface area contributed by atoms with Gasteiger partial charge in [-0.15, -0.1) is 0 Å². The summed E-state index contributed by atoms with van der Waals surface area (Å²) in [5, 5.41) is 10.6. The highest BCUT2D eigenvalue weighted by atomic mass is 15.3. The summed E-state index contributed by atoms with van der Waals surface area (Å²) >= 11 is 0. The average Bonchev–Trinajstić information content (AvgIpc) is 2.32. The van der Waals surface area contributed by atoms with E-state index < -0.39 is 0 Å². The number of hydrogen-bond donors (Lipinski definition) is 2. The zero-order valence-corrected chi connectivity index (χ0v) is 7.13. The number of aromatic amines is 1. The van der Waals surface area contributed by atoms with Crippen LogP contribution in [0, 0.1) is 0 Å². The smallest absolute Gasteiger partial charge is 0.102 e. The number of nitrogens with one attached hydrogen (secondary N) is 1. The Morgan fingerprint density at radius 1 is 1.18 bits per heavy atom. The summed E-state index contributed by atoms with van der Waals surface area (Å²) in [4.78, 5) is 0. The molecule has 0 saturated carbocycles. The largest absolute Gasteiger partial charge is 0.323 e. The quantitative estimate of drug-likeness (QED) is 0.666. The Hall–Kier alpha value is -0.900. The molecular weight excluding hydrogens is 140 g/mol. The van der Waals surface area contributed by atoms with Crippen LogP contribution in [0.1, 0.15) is 44.1 Å². The number of nitrogens with zero attached hydrogens (tertiary/aromatic N) is 2. The summed E-state index contributed by atoms with van der Waals surface area (Å²) in [6.45, 7) is 6.05. The van der Waals surface area contributed by atoms with Crippen molar-refractivity contribution in [2.24, 2.45) is 5.73 Å². The molecule has 0 amide bonds. The van der Waals surface area contributed by atoms with Crippen molar-refractivity contribution in [3.8, 4) is 0 Å². The van der Waals surface area contributed by atoms with Crippen LogP contribution in [0.25, 0.3) is 0 Å². The second-order valence-corrected chi connectivity index (χ2v) is 3.04. The normalized spacial score (nSPS) is 13.9. The molecule has 1 unspecified atom stereocenters. The van der Waals surface area contributed by atoms with Crippen LogP contribution < -0.4 is 5.73 Å². The molecule has 3 N–H and O–H groups in total. The number of rotatable bonds is 2. The van der Waals surface area contributed by atoms with Gasteiger partial charge in [-0.1, -0.05) is 13.8 Å². The van der Waals surface area contributed by atoms with Gasteiger partial charge in [0.25, 0.3) is 0 Å². The lowest BCUT2D eigenvalue weighted by Gasteiger charge is -2.05. The minimum absolute atomic E-state index is 0.0360. The highest BCUT2D eigenvalue weighted by Crippen LogP contribution is 2.17. The highest BCUT2D eigenvalue weighted by molar-refractivity contribution is 5.15. The molecule has 1 atom stereocenters. The first-order valence-electron chi connectivity index (χ1n) is 3.79. The minimum Gasteiger partial charge on any atom is -0.323 e. The van der Waals surface area contributed by atoms with Gasteiger partial charge in [0.05, 0.1) is 5.69 Å². The topological polar surface area (TPSA) is 67.6 Å². The van der Waals surface area contributed by atoms with Crippen LogP contribution in [0.3, 0.4) is 0 Å². The maximum absolute atomic E-state index is 5.67. The van der Waals surface area contributed by atoms with Gasteiger partial charge in [0.1, 0.15) is 5.69 Å². The van der Waals surface area contributed by atoms with E-state index in [4.69, 9.17) is 5.73 Å². The van der Waals surface area contributed by atoms with E-state index in [9.17, 15) is 0 Å². The van der Waals surface area contributed by atoms with E-state index in [0.717, 1.165) is 11.4 Å². The molecule has 1 rings (SSSR count). The summed E-state index contributed by atoms with van der Waals surface area (Å²) in [5.41, 5.74) is 7.52. The fraction of sp³-hybridized carbons (Fsp3) is 0.714. The van der Waals surface area contributed by atoms with E-state index in [1.165, 1.54) is 0 Å². The molecule has 1 aromatic rings. The molecule has 0 fully saturated rings. The lowest BCUT2D eigenvalue weighted by molar-refractivity contribution is 0.735. The Labute approximate surface area is 66.2 Å². The average molecular weight is 154 g/mol. The van der Waals surface area contributed by atoms with Crippen molar-refractivity contribution in [3.05, 3.63) is 11.4 Å². The van der Waals surface area contributed by atoms with Gasteiger partial charge in [-0.05, 0) is 12.8 Å². The van der Waals surface area contributed by atoms with Crippen molar-refractivity contribution in [3.63, 3.8) is 0 Å². The standard InChI is InChI=1S/C7H14N4/c1-4(2)6-7(5(3)8)10-11-9-6/h4-5H,8H2,1-3H3,(H,9,10,11). The molecule has 11 heavy (non-hydrogen) atoms. The first kappa shape index (κ1) is 8.20. The zero-order valence-electron chi connectivity index (χ0n) is 7.13. The van der Waals surface area contributed by atoms with Crippen molar-refractivity contribution in [2.45, 2.75) is 32.7 Å². The van der Waals surface area contributed by atoms with E-state index in [-0.39, 0.29) is 6.04 Å². The molecule has 0 aliphatic rings. The molecule has 0 spiro atoms. The molecular formula is C7H14N4. The SMILES string of the molecule is CC(C)c1n[nH]nc1C(C)N. The molecule has 0 aromatic carbocycles. The van der Waals surface area contributed by atoms with E-state index in [1.54, 1.807) is 0 Å². The number of nitrogens with two attached hydrogens (primary N) is 1. The zero-order chi connectivity index (χ0) is 8.43. The van der Waals surface area contributed by atoms with E-state index in [0.29, 0.717) is 5.92 Å². The second kappa shape index (κ2) is 3.00. The van der Waals surface area contributed by atoms with Gasteiger partial charge >= 0.3 is 0 Å².